The van der Waals surface area contributed by atoms with Gasteiger partial charge in [0.15, 0.2) is 6.10 Å². The summed E-state index contributed by atoms with van der Waals surface area (Å²) in [6.07, 6.45) is -0.787. The third kappa shape index (κ3) is 3.04. The van der Waals surface area contributed by atoms with Crippen LogP contribution in [-0.2, 0) is 14.4 Å². The van der Waals surface area contributed by atoms with Crippen LogP contribution in [0, 0.1) is 0 Å². The summed E-state index contributed by atoms with van der Waals surface area (Å²) in [5.41, 5.74) is -1.08. The van der Waals surface area contributed by atoms with Crippen molar-refractivity contribution >= 4 is 17.7 Å². The van der Waals surface area contributed by atoms with Crippen LogP contribution in [0.4, 0.5) is 0 Å². The van der Waals surface area contributed by atoms with Crippen molar-refractivity contribution in [2.24, 2.45) is 0 Å². The van der Waals surface area contributed by atoms with Gasteiger partial charge in [-0.05, 0) is 32.9 Å². The van der Waals surface area contributed by atoms with E-state index in [1.54, 1.807) is 45.0 Å². The van der Waals surface area contributed by atoms with Gasteiger partial charge in [0.2, 0.25) is 5.91 Å². The Hall–Kier alpha value is -2.37. The summed E-state index contributed by atoms with van der Waals surface area (Å²) >= 11 is 0. The van der Waals surface area contributed by atoms with E-state index < -0.39 is 29.4 Å². The van der Waals surface area contributed by atoms with Gasteiger partial charge in [-0.2, -0.15) is 0 Å². The molecule has 1 aromatic rings. The number of carbonyl (C=O) groups excluding carboxylic acids is 3. The summed E-state index contributed by atoms with van der Waals surface area (Å²) < 4.78 is 5.56. The van der Waals surface area contributed by atoms with Crippen molar-refractivity contribution in [2.75, 3.05) is 6.54 Å². The molecule has 0 aromatic heterocycles. The fourth-order valence-corrected chi connectivity index (χ4v) is 2.11. The summed E-state index contributed by atoms with van der Waals surface area (Å²) in [5.74, 6) is -0.811. The second kappa shape index (κ2) is 5.55. The molecule has 3 amide bonds. The number of nitrogens with zero attached hydrogens (tertiary/aromatic N) is 1. The van der Waals surface area contributed by atoms with Crippen LogP contribution in [0.3, 0.4) is 0 Å². The molecule has 6 heteroatoms. The molecule has 112 valence electrons. The van der Waals surface area contributed by atoms with Gasteiger partial charge in [0, 0.05) is 0 Å². The molecule has 1 aromatic carbocycles. The Kier molecular flexibility index (Phi) is 3.97. The Balaban J connectivity index is 2.14. The Morgan fingerprint density at radius 1 is 1.29 bits per heavy atom. The normalized spacial score (nSPS) is 18.9. The first-order valence-electron chi connectivity index (χ1n) is 6.70. The number of imide groups is 1. The number of carbonyl (C=O) groups is 3. The largest absolute Gasteiger partial charge is 0.481 e. The highest BCUT2D eigenvalue weighted by molar-refractivity contribution is 6.06. The second-order valence-corrected chi connectivity index (χ2v) is 5.43. The van der Waals surface area contributed by atoms with Crippen molar-refractivity contribution in [3.05, 3.63) is 30.3 Å². The summed E-state index contributed by atoms with van der Waals surface area (Å²) in [6.45, 7) is 4.65. The first-order valence-corrected chi connectivity index (χ1v) is 6.70. The Labute approximate surface area is 123 Å². The predicted octanol–water partition coefficient (Wildman–Crippen LogP) is 0.717. The smallest absolute Gasteiger partial charge is 0.264 e. The lowest BCUT2D eigenvalue weighted by atomic mass is 9.98. The Morgan fingerprint density at radius 2 is 1.90 bits per heavy atom. The molecule has 1 fully saturated rings. The monoisotopic (exact) mass is 290 g/mol. The van der Waals surface area contributed by atoms with Crippen molar-refractivity contribution in [1.29, 1.82) is 0 Å². The molecule has 0 saturated carbocycles. The average Bonchev–Trinajstić information content (AvgIpc) is 2.43. The van der Waals surface area contributed by atoms with E-state index in [9.17, 15) is 14.4 Å². The lowest BCUT2D eigenvalue weighted by Crippen LogP contribution is -2.67. The second-order valence-electron chi connectivity index (χ2n) is 5.43. The quantitative estimate of drug-likeness (QED) is 0.832. The van der Waals surface area contributed by atoms with E-state index in [2.05, 4.69) is 5.32 Å². The van der Waals surface area contributed by atoms with Gasteiger partial charge in [0.1, 0.15) is 17.8 Å². The van der Waals surface area contributed by atoms with Gasteiger partial charge in [-0.3, -0.25) is 19.7 Å². The van der Waals surface area contributed by atoms with Crippen LogP contribution in [0.2, 0.25) is 0 Å². The standard InChI is InChI=1S/C15H18N2O4/c1-10(21-11-7-5-4-6-8-11)13(19)17-9-12(18)16-14(20)15(17,2)3/h4-8,10H,9H2,1-3H3,(H,16,18,20). The molecular formula is C15H18N2O4. The van der Waals surface area contributed by atoms with Gasteiger partial charge in [-0.25, -0.2) is 0 Å². The van der Waals surface area contributed by atoms with Crippen molar-refractivity contribution in [3.8, 4) is 5.75 Å². The number of para-hydroxylation sites is 1. The first-order chi connectivity index (χ1) is 9.82. The maximum Gasteiger partial charge on any atom is 0.264 e. The van der Waals surface area contributed by atoms with Gasteiger partial charge in [-0.15, -0.1) is 0 Å². The third-order valence-electron chi connectivity index (χ3n) is 3.45. The molecule has 1 heterocycles. The Bertz CT molecular complexity index is 568. The summed E-state index contributed by atoms with van der Waals surface area (Å²) in [4.78, 5) is 37.1. The van der Waals surface area contributed by atoms with Crippen LogP contribution in [0.5, 0.6) is 5.75 Å². The maximum atomic E-state index is 12.5. The third-order valence-corrected chi connectivity index (χ3v) is 3.45. The van der Waals surface area contributed by atoms with Crippen molar-refractivity contribution in [1.82, 2.24) is 10.2 Å². The Morgan fingerprint density at radius 3 is 2.52 bits per heavy atom. The van der Waals surface area contributed by atoms with Gasteiger partial charge in [0.25, 0.3) is 11.8 Å². The predicted molar refractivity (Wildman–Crippen MR) is 75.5 cm³/mol. The molecule has 2 rings (SSSR count). The highest BCUT2D eigenvalue weighted by atomic mass is 16.5. The molecule has 0 radical (unpaired) electrons. The number of ether oxygens (including phenoxy) is 1. The van der Waals surface area contributed by atoms with Gasteiger partial charge < -0.3 is 9.64 Å². The minimum Gasteiger partial charge on any atom is -0.481 e. The van der Waals surface area contributed by atoms with Crippen LogP contribution in [-0.4, -0.2) is 40.8 Å². The fraction of sp³-hybridized carbons (Fsp3) is 0.400. The number of amides is 3. The number of rotatable bonds is 3. The number of hydrogen-bond acceptors (Lipinski definition) is 4. The zero-order valence-electron chi connectivity index (χ0n) is 12.3. The lowest BCUT2D eigenvalue weighted by molar-refractivity contribution is -0.158. The number of benzene rings is 1. The topological polar surface area (TPSA) is 75.7 Å². The molecule has 21 heavy (non-hydrogen) atoms. The summed E-state index contributed by atoms with van der Waals surface area (Å²) in [6, 6.07) is 8.92. The van der Waals surface area contributed by atoms with E-state index in [0.717, 1.165) is 0 Å². The molecule has 1 N–H and O–H groups in total. The van der Waals surface area contributed by atoms with E-state index >= 15 is 0 Å². The minimum absolute atomic E-state index is 0.153. The summed E-state index contributed by atoms with van der Waals surface area (Å²) in [7, 11) is 0. The molecule has 1 unspecified atom stereocenters. The SMILES string of the molecule is CC(Oc1ccccc1)C(=O)N1CC(=O)NC(=O)C1(C)C. The van der Waals surface area contributed by atoms with E-state index in [-0.39, 0.29) is 6.54 Å². The van der Waals surface area contributed by atoms with Crippen LogP contribution in [0.25, 0.3) is 0 Å². The van der Waals surface area contributed by atoms with Crippen molar-refractivity contribution < 1.29 is 19.1 Å². The molecule has 0 spiro atoms. The fourth-order valence-electron chi connectivity index (χ4n) is 2.11. The molecule has 1 aliphatic heterocycles. The zero-order valence-corrected chi connectivity index (χ0v) is 12.3. The highest BCUT2D eigenvalue weighted by Gasteiger charge is 2.44. The van der Waals surface area contributed by atoms with Crippen LogP contribution in [0.15, 0.2) is 30.3 Å². The first kappa shape index (κ1) is 15.0. The van der Waals surface area contributed by atoms with E-state index in [1.807, 2.05) is 6.07 Å². The number of hydrogen-bond donors (Lipinski definition) is 1. The van der Waals surface area contributed by atoms with Crippen LogP contribution < -0.4 is 10.1 Å². The minimum atomic E-state index is -1.08. The van der Waals surface area contributed by atoms with E-state index in [1.165, 1.54) is 4.90 Å². The van der Waals surface area contributed by atoms with E-state index in [0.29, 0.717) is 5.75 Å². The highest BCUT2D eigenvalue weighted by Crippen LogP contribution is 2.21. The lowest BCUT2D eigenvalue weighted by Gasteiger charge is -2.41. The van der Waals surface area contributed by atoms with E-state index in [4.69, 9.17) is 4.74 Å². The molecule has 0 bridgehead atoms. The van der Waals surface area contributed by atoms with Gasteiger partial charge >= 0.3 is 0 Å². The summed E-state index contributed by atoms with van der Waals surface area (Å²) in [5, 5.41) is 2.23. The van der Waals surface area contributed by atoms with Crippen LogP contribution >= 0.6 is 0 Å². The van der Waals surface area contributed by atoms with Crippen molar-refractivity contribution in [2.45, 2.75) is 32.4 Å². The zero-order chi connectivity index (χ0) is 15.6. The number of piperazine rings is 1. The maximum absolute atomic E-state index is 12.5. The van der Waals surface area contributed by atoms with Crippen molar-refractivity contribution in [3.63, 3.8) is 0 Å². The molecule has 1 saturated heterocycles. The van der Waals surface area contributed by atoms with Gasteiger partial charge in [-0.1, -0.05) is 18.2 Å². The van der Waals surface area contributed by atoms with Crippen LogP contribution in [0.1, 0.15) is 20.8 Å². The molecule has 1 atom stereocenters. The van der Waals surface area contributed by atoms with Gasteiger partial charge in [0.05, 0.1) is 0 Å². The average molecular weight is 290 g/mol. The molecular weight excluding hydrogens is 272 g/mol. The molecule has 0 aliphatic carbocycles. The molecule has 6 nitrogen and oxygen atoms in total. The number of nitrogens with one attached hydrogen (secondary N) is 1. The molecule has 1 aliphatic rings.